The highest BCUT2D eigenvalue weighted by Gasteiger charge is 2.39. The molecule has 0 radical (unpaired) electrons. The van der Waals surface area contributed by atoms with Gasteiger partial charge in [-0.05, 0) is 25.5 Å². The highest BCUT2D eigenvalue weighted by Crippen LogP contribution is 2.41. The Morgan fingerprint density at radius 1 is 1.25 bits per heavy atom. The van der Waals surface area contributed by atoms with Crippen molar-refractivity contribution in [3.05, 3.63) is 58.4 Å². The van der Waals surface area contributed by atoms with E-state index >= 15 is 0 Å². The molecular formula is C19H19ClF3NO4. The van der Waals surface area contributed by atoms with E-state index in [1.807, 2.05) is 0 Å². The number of rotatable bonds is 5. The number of carbonyl (C=O) groups excluding carboxylic acids is 2. The number of halogens is 4. The second-order valence-electron chi connectivity index (χ2n) is 5.94. The fraction of sp³-hybridized carbons (Fsp3) is 0.368. The highest BCUT2D eigenvalue weighted by molar-refractivity contribution is 6.18. The van der Waals surface area contributed by atoms with Crippen molar-refractivity contribution in [2.75, 3.05) is 19.7 Å². The summed E-state index contributed by atoms with van der Waals surface area (Å²) in [7, 11) is 1.15. The zero-order valence-corrected chi connectivity index (χ0v) is 16.2. The van der Waals surface area contributed by atoms with E-state index in [0.29, 0.717) is 5.70 Å². The largest absolute Gasteiger partial charge is 0.466 e. The van der Waals surface area contributed by atoms with Crippen molar-refractivity contribution in [2.24, 2.45) is 0 Å². The van der Waals surface area contributed by atoms with E-state index in [0.717, 1.165) is 19.2 Å². The van der Waals surface area contributed by atoms with Crippen LogP contribution in [0.2, 0.25) is 0 Å². The molecular weight excluding hydrogens is 399 g/mol. The Bertz CT molecular complexity index is 833. The molecule has 28 heavy (non-hydrogen) atoms. The summed E-state index contributed by atoms with van der Waals surface area (Å²) in [5, 5.41) is 0. The van der Waals surface area contributed by atoms with Gasteiger partial charge in [-0.15, -0.1) is 11.6 Å². The van der Waals surface area contributed by atoms with Crippen LogP contribution in [0.25, 0.3) is 0 Å². The monoisotopic (exact) mass is 417 g/mol. The van der Waals surface area contributed by atoms with Crippen molar-refractivity contribution in [3.63, 3.8) is 0 Å². The van der Waals surface area contributed by atoms with Crippen LogP contribution in [-0.2, 0) is 25.2 Å². The number of esters is 2. The summed E-state index contributed by atoms with van der Waals surface area (Å²) in [4.78, 5) is 26.4. The molecule has 0 saturated carbocycles. The minimum absolute atomic E-state index is 0.0175. The third kappa shape index (κ3) is 4.32. The van der Waals surface area contributed by atoms with Crippen LogP contribution in [0.1, 0.15) is 30.9 Å². The third-order valence-electron chi connectivity index (χ3n) is 4.31. The van der Waals surface area contributed by atoms with Crippen LogP contribution in [-0.4, -0.2) is 36.6 Å². The van der Waals surface area contributed by atoms with Crippen molar-refractivity contribution in [3.8, 4) is 0 Å². The topological polar surface area (TPSA) is 55.8 Å². The number of carbonyl (C=O) groups is 2. The molecule has 1 unspecified atom stereocenters. The summed E-state index contributed by atoms with van der Waals surface area (Å²) in [6, 6.07) is 4.38. The maximum Gasteiger partial charge on any atom is 0.416 e. The van der Waals surface area contributed by atoms with Gasteiger partial charge in [0.05, 0.1) is 42.3 Å². The minimum atomic E-state index is -4.58. The summed E-state index contributed by atoms with van der Waals surface area (Å²) < 4.78 is 49.4. The maximum atomic E-state index is 13.2. The molecule has 0 amide bonds. The van der Waals surface area contributed by atoms with Crippen LogP contribution in [0.3, 0.4) is 0 Å². The Kier molecular flexibility index (Phi) is 6.77. The van der Waals surface area contributed by atoms with Gasteiger partial charge in [-0.2, -0.15) is 13.2 Å². The first-order valence-corrected chi connectivity index (χ1v) is 8.86. The van der Waals surface area contributed by atoms with Gasteiger partial charge in [0.25, 0.3) is 0 Å². The molecule has 0 N–H and O–H groups in total. The first kappa shape index (κ1) is 21.8. The quantitative estimate of drug-likeness (QED) is 0.408. The van der Waals surface area contributed by atoms with Gasteiger partial charge in [-0.25, -0.2) is 9.59 Å². The van der Waals surface area contributed by atoms with Gasteiger partial charge in [-0.1, -0.05) is 18.2 Å². The minimum Gasteiger partial charge on any atom is -0.466 e. The van der Waals surface area contributed by atoms with Gasteiger partial charge in [0.2, 0.25) is 0 Å². The molecule has 2 rings (SSSR count). The molecule has 1 heterocycles. The summed E-state index contributed by atoms with van der Waals surface area (Å²) in [5.41, 5.74) is -0.387. The maximum absolute atomic E-state index is 13.2. The van der Waals surface area contributed by atoms with Gasteiger partial charge in [0, 0.05) is 11.9 Å². The zero-order chi connectivity index (χ0) is 21.1. The van der Waals surface area contributed by atoms with Crippen molar-refractivity contribution in [1.82, 2.24) is 4.90 Å². The second kappa shape index (κ2) is 8.68. The van der Waals surface area contributed by atoms with Gasteiger partial charge < -0.3 is 14.4 Å². The Balaban J connectivity index is 2.72. The van der Waals surface area contributed by atoms with Gasteiger partial charge in [0.15, 0.2) is 0 Å². The summed E-state index contributed by atoms with van der Waals surface area (Å²) in [6.45, 7) is 3.25. The van der Waals surface area contributed by atoms with Gasteiger partial charge in [0.1, 0.15) is 0 Å². The molecule has 1 aromatic rings. The average Bonchev–Trinajstić information content (AvgIpc) is 2.66. The predicted octanol–water partition coefficient (Wildman–Crippen LogP) is 4.19. The van der Waals surface area contributed by atoms with E-state index in [1.54, 1.807) is 13.8 Å². The first-order valence-electron chi connectivity index (χ1n) is 8.33. The van der Waals surface area contributed by atoms with Gasteiger partial charge >= 0.3 is 18.1 Å². The number of ether oxygens (including phenoxy) is 2. The molecule has 5 nitrogen and oxygen atoms in total. The molecule has 0 spiro atoms. The SMILES string of the molecule is CCOC(=O)C1=C(C)N(CCl)C=C(C(=O)OC)C1c1cccc(C(F)(F)F)c1. The summed E-state index contributed by atoms with van der Waals surface area (Å²) in [5.74, 6) is -2.62. The molecule has 0 aliphatic carbocycles. The van der Waals surface area contributed by atoms with E-state index in [-0.39, 0.29) is 29.3 Å². The fourth-order valence-corrected chi connectivity index (χ4v) is 3.23. The molecule has 0 aromatic heterocycles. The molecule has 1 aliphatic heterocycles. The lowest BCUT2D eigenvalue weighted by Gasteiger charge is -2.33. The third-order valence-corrected chi connectivity index (χ3v) is 4.57. The number of hydrogen-bond donors (Lipinski definition) is 0. The van der Waals surface area contributed by atoms with E-state index < -0.39 is 29.6 Å². The number of hydrogen-bond acceptors (Lipinski definition) is 5. The van der Waals surface area contributed by atoms with Crippen LogP contribution in [0, 0.1) is 0 Å². The smallest absolute Gasteiger partial charge is 0.416 e. The Morgan fingerprint density at radius 3 is 2.46 bits per heavy atom. The lowest BCUT2D eigenvalue weighted by atomic mass is 9.81. The fourth-order valence-electron chi connectivity index (χ4n) is 2.99. The van der Waals surface area contributed by atoms with Crippen LogP contribution in [0.15, 0.2) is 47.3 Å². The average molecular weight is 418 g/mol. The summed E-state index contributed by atoms with van der Waals surface area (Å²) >= 11 is 5.91. The number of nitrogens with zero attached hydrogens (tertiary/aromatic N) is 1. The Labute approximate surface area is 165 Å². The van der Waals surface area contributed by atoms with Crippen molar-refractivity contribution in [1.29, 1.82) is 0 Å². The Morgan fingerprint density at radius 2 is 1.93 bits per heavy atom. The normalized spacial score (nSPS) is 17.3. The first-order chi connectivity index (χ1) is 13.1. The molecule has 1 aromatic carbocycles. The summed E-state index contributed by atoms with van der Waals surface area (Å²) in [6.07, 6.45) is -3.20. The van der Waals surface area contributed by atoms with Crippen LogP contribution in [0.5, 0.6) is 0 Å². The van der Waals surface area contributed by atoms with E-state index in [4.69, 9.17) is 21.1 Å². The lowest BCUT2D eigenvalue weighted by Crippen LogP contribution is -2.31. The molecule has 0 bridgehead atoms. The molecule has 152 valence electrons. The molecule has 1 aliphatic rings. The van der Waals surface area contributed by atoms with Crippen LogP contribution in [0.4, 0.5) is 13.2 Å². The number of allylic oxidation sites excluding steroid dienone is 1. The zero-order valence-electron chi connectivity index (χ0n) is 15.5. The molecule has 0 fully saturated rings. The van der Waals surface area contributed by atoms with Gasteiger partial charge in [-0.3, -0.25) is 0 Å². The van der Waals surface area contributed by atoms with Crippen molar-refractivity contribution in [2.45, 2.75) is 25.9 Å². The van der Waals surface area contributed by atoms with E-state index in [1.165, 1.54) is 23.2 Å². The lowest BCUT2D eigenvalue weighted by molar-refractivity contribution is -0.139. The van der Waals surface area contributed by atoms with E-state index in [9.17, 15) is 22.8 Å². The number of alkyl halides is 4. The Hall–Kier alpha value is -2.48. The highest BCUT2D eigenvalue weighted by atomic mass is 35.5. The predicted molar refractivity (Wildman–Crippen MR) is 96.2 cm³/mol. The standard InChI is InChI=1S/C19H19ClF3NO4/c1-4-28-18(26)15-11(2)24(10-20)9-14(17(25)27-3)16(15)12-6-5-7-13(8-12)19(21,22)23/h5-9,16H,4,10H2,1-3H3. The second-order valence-corrected chi connectivity index (χ2v) is 6.18. The van der Waals surface area contributed by atoms with Crippen molar-refractivity contribution >= 4 is 23.5 Å². The van der Waals surface area contributed by atoms with Crippen LogP contribution >= 0.6 is 11.6 Å². The van der Waals surface area contributed by atoms with E-state index in [2.05, 4.69) is 0 Å². The van der Waals surface area contributed by atoms with Crippen LogP contribution < -0.4 is 0 Å². The number of methoxy groups -OCH3 is 1. The molecule has 0 saturated heterocycles. The molecule has 1 atom stereocenters. The number of benzene rings is 1. The van der Waals surface area contributed by atoms with Crippen molar-refractivity contribution < 1.29 is 32.2 Å². The molecule has 9 heteroatoms.